The normalized spacial score (nSPS) is 15.0. The van der Waals surface area contributed by atoms with Crippen LogP contribution in [0.1, 0.15) is 16.2 Å². The molecule has 162 valence electrons. The molecule has 10 heteroatoms. The van der Waals surface area contributed by atoms with Crippen molar-refractivity contribution >= 4 is 63.1 Å². The van der Waals surface area contributed by atoms with Gasteiger partial charge in [-0.05, 0) is 36.4 Å². The summed E-state index contributed by atoms with van der Waals surface area (Å²) in [7, 11) is 1.56. The summed E-state index contributed by atoms with van der Waals surface area (Å²) in [4.78, 5) is 42.5. The second kappa shape index (κ2) is 8.93. The topological polar surface area (TPSA) is 102 Å². The molecule has 32 heavy (non-hydrogen) atoms. The van der Waals surface area contributed by atoms with Gasteiger partial charge in [0.2, 0.25) is 0 Å². The number of thiocarbonyl (C=S) groups is 1. The fourth-order valence-electron chi connectivity index (χ4n) is 3.27. The van der Waals surface area contributed by atoms with Gasteiger partial charge in [-0.3, -0.25) is 19.3 Å². The Labute approximate surface area is 192 Å². The Bertz CT molecular complexity index is 1280. The van der Waals surface area contributed by atoms with E-state index in [9.17, 15) is 14.4 Å². The van der Waals surface area contributed by atoms with Gasteiger partial charge in [0.05, 0.1) is 29.6 Å². The van der Waals surface area contributed by atoms with Gasteiger partial charge in [-0.15, -0.1) is 0 Å². The maximum absolute atomic E-state index is 13.0. The number of fused-ring (bicyclic) bond motifs is 1. The van der Waals surface area contributed by atoms with Crippen molar-refractivity contribution in [1.29, 1.82) is 0 Å². The number of aromatic nitrogens is 2. The molecule has 1 aliphatic heterocycles. The molecular formula is C22H17N3O5S2. The largest absolute Gasteiger partial charge is 0.497 e. The van der Waals surface area contributed by atoms with Gasteiger partial charge in [-0.1, -0.05) is 36.1 Å². The molecule has 2 heterocycles. The summed E-state index contributed by atoms with van der Waals surface area (Å²) in [5.41, 5.74) is 1.92. The van der Waals surface area contributed by atoms with Crippen LogP contribution in [0.25, 0.3) is 17.1 Å². The third kappa shape index (κ3) is 4.27. The number of carbonyl (C=O) groups excluding carboxylic acids is 2. The van der Waals surface area contributed by atoms with E-state index in [4.69, 9.17) is 22.1 Å². The van der Waals surface area contributed by atoms with Gasteiger partial charge in [0.1, 0.15) is 22.4 Å². The predicted octanol–water partition coefficient (Wildman–Crippen LogP) is 3.21. The number of carboxylic acids is 1. The molecule has 8 nitrogen and oxygen atoms in total. The number of methoxy groups -OCH3 is 1. The zero-order valence-electron chi connectivity index (χ0n) is 16.8. The highest BCUT2D eigenvalue weighted by Gasteiger charge is 2.34. The molecular weight excluding hydrogens is 450 g/mol. The van der Waals surface area contributed by atoms with Crippen LogP contribution >= 0.6 is 24.0 Å². The number of nitrogens with zero attached hydrogens (tertiary/aromatic N) is 3. The Morgan fingerprint density at radius 1 is 1.16 bits per heavy atom. The number of benzene rings is 2. The van der Waals surface area contributed by atoms with E-state index in [1.54, 1.807) is 42.0 Å². The Morgan fingerprint density at radius 2 is 1.88 bits per heavy atom. The minimum atomic E-state index is -1.15. The summed E-state index contributed by atoms with van der Waals surface area (Å²) in [6.07, 6.45) is 1.54. The standard InChI is InChI=1S/C22H17N3O5S2/c1-30-14-8-6-13(7-9-14)17(26)11-24-16-5-3-2-4-15(16)23-19(24)10-18-21(29)25(12-20(27)28)22(31)32-18/h2-10H,11-12H2,1H3,(H,27,28)/b18-10-. The monoisotopic (exact) mass is 467 g/mol. The molecule has 4 rings (SSSR count). The molecule has 1 aliphatic rings. The molecule has 1 N–H and O–H groups in total. The van der Waals surface area contributed by atoms with Crippen molar-refractivity contribution in [3.8, 4) is 5.75 Å². The number of amides is 1. The number of carboxylic acid groups (broad SMARTS) is 1. The quantitative estimate of drug-likeness (QED) is 0.321. The first-order valence-electron chi connectivity index (χ1n) is 9.47. The lowest BCUT2D eigenvalue weighted by Gasteiger charge is -2.10. The van der Waals surface area contributed by atoms with Gasteiger partial charge in [-0.2, -0.15) is 0 Å². The molecule has 0 radical (unpaired) electrons. The Hall–Kier alpha value is -3.50. The number of rotatable bonds is 7. The lowest BCUT2D eigenvalue weighted by molar-refractivity contribution is -0.140. The average Bonchev–Trinajstić information content (AvgIpc) is 3.25. The molecule has 1 amide bonds. The Morgan fingerprint density at radius 3 is 2.56 bits per heavy atom. The van der Waals surface area contributed by atoms with Crippen molar-refractivity contribution in [2.45, 2.75) is 6.54 Å². The average molecular weight is 468 g/mol. The number of ketones is 1. The number of hydrogen-bond donors (Lipinski definition) is 1. The molecule has 1 fully saturated rings. The van der Waals surface area contributed by atoms with Crippen molar-refractivity contribution in [3.05, 3.63) is 64.8 Å². The fraction of sp³-hybridized carbons (Fsp3) is 0.136. The van der Waals surface area contributed by atoms with Crippen molar-refractivity contribution in [2.75, 3.05) is 13.7 Å². The minimum absolute atomic E-state index is 0.00803. The van der Waals surface area contributed by atoms with E-state index in [1.165, 1.54) is 0 Å². The summed E-state index contributed by atoms with van der Waals surface area (Å²) in [6, 6.07) is 14.2. The van der Waals surface area contributed by atoms with Crippen molar-refractivity contribution in [3.63, 3.8) is 0 Å². The SMILES string of the molecule is COc1ccc(C(=O)Cn2c(/C=C3\SC(=S)N(CC(=O)O)C3=O)nc3ccccc32)cc1. The molecule has 0 spiro atoms. The van der Waals surface area contributed by atoms with Crippen molar-refractivity contribution < 1.29 is 24.2 Å². The lowest BCUT2D eigenvalue weighted by atomic mass is 10.1. The van der Waals surface area contributed by atoms with Gasteiger partial charge in [-0.25, -0.2) is 4.98 Å². The second-order valence-corrected chi connectivity index (χ2v) is 8.53. The van der Waals surface area contributed by atoms with E-state index >= 15 is 0 Å². The summed E-state index contributed by atoms with van der Waals surface area (Å²) in [6.45, 7) is -0.498. The highest BCUT2D eigenvalue weighted by Crippen LogP contribution is 2.33. The zero-order chi connectivity index (χ0) is 22.8. The van der Waals surface area contributed by atoms with Gasteiger partial charge in [0.15, 0.2) is 5.78 Å². The molecule has 2 aromatic carbocycles. The second-order valence-electron chi connectivity index (χ2n) is 6.86. The number of hydrogen-bond acceptors (Lipinski definition) is 7. The fourth-order valence-corrected chi connectivity index (χ4v) is 4.50. The van der Waals surface area contributed by atoms with Gasteiger partial charge in [0.25, 0.3) is 5.91 Å². The third-order valence-corrected chi connectivity index (χ3v) is 6.20. The highest BCUT2D eigenvalue weighted by atomic mass is 32.2. The van der Waals surface area contributed by atoms with E-state index in [-0.39, 0.29) is 21.6 Å². The summed E-state index contributed by atoms with van der Waals surface area (Å²) < 4.78 is 7.03. The van der Waals surface area contributed by atoms with Crippen LogP contribution in [0, 0.1) is 0 Å². The van der Waals surface area contributed by atoms with Crippen LogP contribution in [0.15, 0.2) is 53.4 Å². The summed E-state index contributed by atoms with van der Waals surface area (Å²) >= 11 is 6.16. The van der Waals surface area contributed by atoms with Crippen LogP contribution in [0.3, 0.4) is 0 Å². The number of aliphatic carboxylic acids is 1. The first kappa shape index (κ1) is 21.7. The summed E-state index contributed by atoms with van der Waals surface area (Å²) in [5.74, 6) is -0.728. The van der Waals surface area contributed by atoms with Crippen LogP contribution in [0.2, 0.25) is 0 Å². The van der Waals surface area contributed by atoms with E-state index < -0.39 is 18.4 Å². The molecule has 1 saturated heterocycles. The highest BCUT2D eigenvalue weighted by molar-refractivity contribution is 8.26. The Balaban J connectivity index is 1.70. The van der Waals surface area contributed by atoms with Crippen LogP contribution < -0.4 is 4.74 Å². The first-order valence-corrected chi connectivity index (χ1v) is 10.7. The maximum Gasteiger partial charge on any atom is 0.323 e. The molecule has 0 unspecified atom stereocenters. The number of Topliss-reactive ketones (excluding diaryl/α,β-unsaturated/α-hetero) is 1. The van der Waals surface area contributed by atoms with E-state index in [1.807, 2.05) is 24.3 Å². The number of thioether (sulfide) groups is 1. The van der Waals surface area contributed by atoms with Gasteiger partial charge >= 0.3 is 5.97 Å². The van der Waals surface area contributed by atoms with E-state index in [0.29, 0.717) is 22.7 Å². The molecule has 0 saturated carbocycles. The van der Waals surface area contributed by atoms with Gasteiger partial charge in [0, 0.05) is 11.6 Å². The smallest absolute Gasteiger partial charge is 0.323 e. The van der Waals surface area contributed by atoms with Crippen LogP contribution in [-0.2, 0) is 16.1 Å². The first-order chi connectivity index (χ1) is 15.4. The molecule has 0 bridgehead atoms. The number of imidazole rings is 1. The number of carbonyl (C=O) groups is 3. The van der Waals surface area contributed by atoms with Crippen LogP contribution in [0.5, 0.6) is 5.75 Å². The van der Waals surface area contributed by atoms with Crippen LogP contribution in [-0.4, -0.2) is 55.2 Å². The predicted molar refractivity (Wildman–Crippen MR) is 125 cm³/mol. The molecule has 0 aliphatic carbocycles. The number of ether oxygens (including phenoxy) is 1. The lowest BCUT2D eigenvalue weighted by Crippen LogP contribution is -2.33. The van der Waals surface area contributed by atoms with E-state index in [0.717, 1.165) is 22.2 Å². The molecule has 3 aromatic rings. The maximum atomic E-state index is 13.0. The number of para-hydroxylation sites is 2. The zero-order valence-corrected chi connectivity index (χ0v) is 18.5. The Kier molecular flexibility index (Phi) is 6.06. The third-order valence-electron chi connectivity index (χ3n) is 4.82. The van der Waals surface area contributed by atoms with Gasteiger partial charge < -0.3 is 14.4 Å². The molecule has 0 atom stereocenters. The summed E-state index contributed by atoms with van der Waals surface area (Å²) in [5, 5.41) is 9.02. The minimum Gasteiger partial charge on any atom is -0.497 e. The van der Waals surface area contributed by atoms with Crippen LogP contribution in [0.4, 0.5) is 0 Å². The van der Waals surface area contributed by atoms with Crippen molar-refractivity contribution in [1.82, 2.24) is 14.5 Å². The molecule has 1 aromatic heterocycles. The van der Waals surface area contributed by atoms with Crippen molar-refractivity contribution in [2.24, 2.45) is 0 Å². The van der Waals surface area contributed by atoms with E-state index in [2.05, 4.69) is 4.98 Å².